The van der Waals surface area contributed by atoms with Gasteiger partial charge in [-0.05, 0) is 33.2 Å². The van der Waals surface area contributed by atoms with E-state index in [1.807, 2.05) is 14.0 Å². The zero-order valence-electron chi connectivity index (χ0n) is 11.1. The SMILES string of the molecule is CNC(Cc1nc(C)c(C)s1)C1CCC(F)(F)C1. The summed E-state index contributed by atoms with van der Waals surface area (Å²) in [5, 5.41) is 4.25. The average molecular weight is 274 g/mol. The molecule has 1 N–H and O–H groups in total. The summed E-state index contributed by atoms with van der Waals surface area (Å²) in [7, 11) is 1.86. The van der Waals surface area contributed by atoms with Gasteiger partial charge in [0.25, 0.3) is 0 Å². The third kappa shape index (κ3) is 3.06. The zero-order valence-corrected chi connectivity index (χ0v) is 11.9. The smallest absolute Gasteiger partial charge is 0.248 e. The summed E-state index contributed by atoms with van der Waals surface area (Å²) in [5.74, 6) is -2.40. The highest BCUT2D eigenvalue weighted by molar-refractivity contribution is 7.11. The zero-order chi connectivity index (χ0) is 13.3. The van der Waals surface area contributed by atoms with Crippen molar-refractivity contribution in [2.24, 2.45) is 5.92 Å². The molecule has 1 aliphatic carbocycles. The number of hydrogen-bond donors (Lipinski definition) is 1. The Morgan fingerprint density at radius 3 is 2.67 bits per heavy atom. The van der Waals surface area contributed by atoms with Crippen LogP contribution in [0.15, 0.2) is 0 Å². The Hall–Kier alpha value is -0.550. The number of aromatic nitrogens is 1. The van der Waals surface area contributed by atoms with Crippen molar-refractivity contribution in [1.29, 1.82) is 0 Å². The van der Waals surface area contributed by atoms with Gasteiger partial charge in [0.05, 0.1) is 10.7 Å². The van der Waals surface area contributed by atoms with E-state index in [1.165, 1.54) is 4.88 Å². The predicted molar refractivity (Wildman–Crippen MR) is 70.4 cm³/mol. The molecule has 2 nitrogen and oxygen atoms in total. The summed E-state index contributed by atoms with van der Waals surface area (Å²) < 4.78 is 26.5. The number of likely N-dealkylation sites (N-methyl/N-ethyl adjacent to an activating group) is 1. The topological polar surface area (TPSA) is 24.9 Å². The molecule has 0 aromatic carbocycles. The molecule has 1 heterocycles. The van der Waals surface area contributed by atoms with E-state index >= 15 is 0 Å². The molecule has 2 atom stereocenters. The highest BCUT2D eigenvalue weighted by Gasteiger charge is 2.42. The molecular weight excluding hydrogens is 254 g/mol. The molecule has 102 valence electrons. The Morgan fingerprint density at radius 2 is 2.22 bits per heavy atom. The maximum absolute atomic E-state index is 13.3. The minimum absolute atomic E-state index is 0.0157. The first-order chi connectivity index (χ1) is 8.41. The molecule has 0 amide bonds. The average Bonchev–Trinajstić information content (AvgIpc) is 2.79. The molecule has 2 rings (SSSR count). The highest BCUT2D eigenvalue weighted by Crippen LogP contribution is 2.41. The van der Waals surface area contributed by atoms with Crippen molar-refractivity contribution in [3.05, 3.63) is 15.6 Å². The molecule has 0 spiro atoms. The summed E-state index contributed by atoms with van der Waals surface area (Å²) in [4.78, 5) is 5.72. The van der Waals surface area contributed by atoms with Crippen LogP contribution >= 0.6 is 11.3 Å². The Kier molecular flexibility index (Phi) is 4.02. The van der Waals surface area contributed by atoms with E-state index in [4.69, 9.17) is 0 Å². The van der Waals surface area contributed by atoms with Crippen LogP contribution in [-0.4, -0.2) is 24.0 Å². The van der Waals surface area contributed by atoms with E-state index in [2.05, 4.69) is 17.2 Å². The fourth-order valence-corrected chi connectivity index (χ4v) is 3.64. The Bertz CT molecular complexity index is 398. The van der Waals surface area contributed by atoms with Crippen molar-refractivity contribution in [3.8, 4) is 0 Å². The number of nitrogens with zero attached hydrogens (tertiary/aromatic N) is 1. The van der Waals surface area contributed by atoms with Crippen molar-refractivity contribution < 1.29 is 8.78 Å². The number of halogens is 2. The largest absolute Gasteiger partial charge is 0.316 e. The molecule has 1 aliphatic rings. The van der Waals surface area contributed by atoms with Crippen molar-refractivity contribution in [1.82, 2.24) is 10.3 Å². The summed E-state index contributed by atoms with van der Waals surface area (Å²) in [6.45, 7) is 4.04. The van der Waals surface area contributed by atoms with Gasteiger partial charge < -0.3 is 5.32 Å². The summed E-state index contributed by atoms with van der Waals surface area (Å²) >= 11 is 1.68. The second kappa shape index (κ2) is 5.21. The van der Waals surface area contributed by atoms with Crippen molar-refractivity contribution in [3.63, 3.8) is 0 Å². The van der Waals surface area contributed by atoms with E-state index in [9.17, 15) is 8.78 Å². The fourth-order valence-electron chi connectivity index (χ4n) is 2.65. The van der Waals surface area contributed by atoms with E-state index < -0.39 is 5.92 Å². The Balaban J connectivity index is 2.02. The number of rotatable bonds is 4. The van der Waals surface area contributed by atoms with Gasteiger partial charge in [0.1, 0.15) is 0 Å². The number of alkyl halides is 2. The van der Waals surface area contributed by atoms with Gasteiger partial charge in [0, 0.05) is 30.2 Å². The molecule has 18 heavy (non-hydrogen) atoms. The number of aryl methyl sites for hydroxylation is 2. The van der Waals surface area contributed by atoms with Gasteiger partial charge in [-0.2, -0.15) is 0 Å². The monoisotopic (exact) mass is 274 g/mol. The van der Waals surface area contributed by atoms with Gasteiger partial charge in [0.15, 0.2) is 0 Å². The Morgan fingerprint density at radius 1 is 1.50 bits per heavy atom. The second-order valence-corrected chi connectivity index (χ2v) is 6.50. The highest BCUT2D eigenvalue weighted by atomic mass is 32.1. The van der Waals surface area contributed by atoms with Gasteiger partial charge in [-0.3, -0.25) is 0 Å². The quantitative estimate of drug-likeness (QED) is 0.911. The molecule has 0 aliphatic heterocycles. The standard InChI is InChI=1S/C13H20F2N2S/c1-8-9(2)18-12(17-8)6-11(16-3)10-4-5-13(14,15)7-10/h10-11,16H,4-7H2,1-3H3. The molecular formula is C13H20F2N2S. The van der Waals surface area contributed by atoms with E-state index in [-0.39, 0.29) is 24.8 Å². The molecule has 2 unspecified atom stereocenters. The Labute approximate surface area is 111 Å². The maximum atomic E-state index is 13.3. The predicted octanol–water partition coefficient (Wildman–Crippen LogP) is 3.33. The van der Waals surface area contributed by atoms with Crippen LogP contribution < -0.4 is 5.32 Å². The molecule has 5 heteroatoms. The normalized spacial score (nSPS) is 24.4. The molecule has 0 bridgehead atoms. The van der Waals surface area contributed by atoms with Crippen LogP contribution in [0, 0.1) is 19.8 Å². The van der Waals surface area contributed by atoms with Gasteiger partial charge in [-0.15, -0.1) is 11.3 Å². The second-order valence-electron chi connectivity index (χ2n) is 5.21. The van der Waals surface area contributed by atoms with Crippen LogP contribution in [-0.2, 0) is 6.42 Å². The fraction of sp³-hybridized carbons (Fsp3) is 0.769. The molecule has 0 saturated heterocycles. The van der Waals surface area contributed by atoms with Crippen molar-refractivity contribution in [2.45, 2.75) is 51.5 Å². The number of nitrogens with one attached hydrogen (secondary N) is 1. The van der Waals surface area contributed by atoms with Crippen LogP contribution in [0.3, 0.4) is 0 Å². The lowest BCUT2D eigenvalue weighted by Gasteiger charge is -2.22. The van der Waals surface area contributed by atoms with Crippen molar-refractivity contribution in [2.75, 3.05) is 7.05 Å². The van der Waals surface area contributed by atoms with Gasteiger partial charge in [-0.25, -0.2) is 13.8 Å². The molecule has 1 fully saturated rings. The lowest BCUT2D eigenvalue weighted by atomic mass is 9.95. The van der Waals surface area contributed by atoms with E-state index in [1.54, 1.807) is 11.3 Å². The first-order valence-electron chi connectivity index (χ1n) is 6.39. The van der Waals surface area contributed by atoms with Crippen LogP contribution in [0.2, 0.25) is 0 Å². The molecule has 1 saturated carbocycles. The summed E-state index contributed by atoms with van der Waals surface area (Å²) in [5.41, 5.74) is 1.06. The summed E-state index contributed by atoms with van der Waals surface area (Å²) in [6, 6.07) is 0.114. The minimum Gasteiger partial charge on any atom is -0.316 e. The molecule has 1 aromatic rings. The first-order valence-corrected chi connectivity index (χ1v) is 7.21. The number of thiazole rings is 1. The van der Waals surface area contributed by atoms with Crippen LogP contribution in [0.5, 0.6) is 0 Å². The summed E-state index contributed by atoms with van der Waals surface area (Å²) in [6.07, 6.45) is 1.42. The van der Waals surface area contributed by atoms with Crippen LogP contribution in [0.1, 0.15) is 34.8 Å². The minimum atomic E-state index is -2.46. The first kappa shape index (κ1) is 13.9. The van der Waals surface area contributed by atoms with Crippen LogP contribution in [0.4, 0.5) is 8.78 Å². The maximum Gasteiger partial charge on any atom is 0.248 e. The van der Waals surface area contributed by atoms with E-state index in [0.29, 0.717) is 6.42 Å². The van der Waals surface area contributed by atoms with Crippen molar-refractivity contribution >= 4 is 11.3 Å². The number of hydrogen-bond acceptors (Lipinski definition) is 3. The molecule has 1 aromatic heterocycles. The lowest BCUT2D eigenvalue weighted by molar-refractivity contribution is 0.00343. The third-order valence-corrected chi connectivity index (χ3v) is 4.94. The third-order valence-electron chi connectivity index (χ3n) is 3.85. The molecule has 0 radical (unpaired) electrons. The van der Waals surface area contributed by atoms with E-state index in [0.717, 1.165) is 17.1 Å². The lowest BCUT2D eigenvalue weighted by Crippen LogP contribution is -2.35. The van der Waals surface area contributed by atoms with Gasteiger partial charge >= 0.3 is 0 Å². The van der Waals surface area contributed by atoms with Crippen LogP contribution in [0.25, 0.3) is 0 Å². The van der Waals surface area contributed by atoms with Gasteiger partial charge in [0.2, 0.25) is 5.92 Å². The van der Waals surface area contributed by atoms with Gasteiger partial charge in [-0.1, -0.05) is 0 Å².